The van der Waals surface area contributed by atoms with Crippen molar-refractivity contribution in [2.75, 3.05) is 5.75 Å². The first-order valence-corrected chi connectivity index (χ1v) is 7.31. The Morgan fingerprint density at radius 3 is 2.50 bits per heavy atom. The number of halogens is 1. The zero-order chi connectivity index (χ0) is 13.3. The molecule has 4 nitrogen and oxygen atoms in total. The third kappa shape index (κ3) is 2.53. The van der Waals surface area contributed by atoms with E-state index in [0.29, 0.717) is 0 Å². The Balaban J connectivity index is 2.29. The number of aromatic carboxylic acids is 1. The molecule has 6 heteroatoms. The zero-order valence-corrected chi connectivity index (χ0v) is 10.4. The van der Waals surface area contributed by atoms with Gasteiger partial charge in [-0.25, -0.2) is 17.6 Å². The number of rotatable bonds is 4. The highest BCUT2D eigenvalue weighted by Gasteiger charge is 2.28. The molecule has 1 aromatic rings. The molecule has 98 valence electrons. The molecule has 0 aromatic heterocycles. The molecule has 1 saturated carbocycles. The highest BCUT2D eigenvalue weighted by molar-refractivity contribution is 7.91. The van der Waals surface area contributed by atoms with E-state index in [-0.39, 0.29) is 17.2 Å². The largest absolute Gasteiger partial charge is 0.478 e. The van der Waals surface area contributed by atoms with Gasteiger partial charge in [0.2, 0.25) is 0 Å². The van der Waals surface area contributed by atoms with Crippen molar-refractivity contribution in [1.82, 2.24) is 0 Å². The molecule has 0 unspecified atom stereocenters. The van der Waals surface area contributed by atoms with Gasteiger partial charge in [-0.2, -0.15) is 0 Å². The molecule has 0 aliphatic heterocycles. The van der Waals surface area contributed by atoms with Crippen LogP contribution in [0.25, 0.3) is 0 Å². The van der Waals surface area contributed by atoms with Crippen LogP contribution < -0.4 is 0 Å². The standard InChI is InChI=1S/C12H13FO4S/c13-10-6-9(12(14)15)4-5-11(10)18(16,17)7-8-2-1-3-8/h4-6,8H,1-3,7H2,(H,14,15). The van der Waals surface area contributed by atoms with Crippen LogP contribution >= 0.6 is 0 Å². The summed E-state index contributed by atoms with van der Waals surface area (Å²) in [5.41, 5.74) is -0.255. The number of carboxylic acids is 1. The summed E-state index contributed by atoms with van der Waals surface area (Å²) in [4.78, 5) is 10.2. The average molecular weight is 272 g/mol. The molecule has 2 rings (SSSR count). The van der Waals surface area contributed by atoms with E-state index in [0.717, 1.165) is 37.5 Å². The molecule has 0 atom stereocenters. The van der Waals surface area contributed by atoms with Crippen LogP contribution in [0.2, 0.25) is 0 Å². The van der Waals surface area contributed by atoms with Gasteiger partial charge in [0.1, 0.15) is 10.7 Å². The van der Waals surface area contributed by atoms with E-state index in [1.807, 2.05) is 0 Å². The fourth-order valence-corrected chi connectivity index (χ4v) is 3.71. The van der Waals surface area contributed by atoms with Gasteiger partial charge in [-0.15, -0.1) is 0 Å². The second-order valence-electron chi connectivity index (χ2n) is 4.53. The maximum Gasteiger partial charge on any atom is 0.335 e. The number of benzene rings is 1. The topological polar surface area (TPSA) is 71.4 Å². The van der Waals surface area contributed by atoms with Gasteiger partial charge in [-0.05, 0) is 37.0 Å². The SMILES string of the molecule is O=C(O)c1ccc(S(=O)(=O)CC2CCC2)c(F)c1. The Hall–Kier alpha value is -1.43. The molecule has 18 heavy (non-hydrogen) atoms. The molecule has 1 aromatic carbocycles. The van der Waals surface area contributed by atoms with Crippen molar-refractivity contribution in [3.8, 4) is 0 Å². The van der Waals surface area contributed by atoms with E-state index in [4.69, 9.17) is 5.11 Å². The smallest absolute Gasteiger partial charge is 0.335 e. The summed E-state index contributed by atoms with van der Waals surface area (Å²) in [7, 11) is -3.66. The molecule has 1 fully saturated rings. The van der Waals surface area contributed by atoms with Crippen LogP contribution in [0.5, 0.6) is 0 Å². The van der Waals surface area contributed by atoms with Gasteiger partial charge in [-0.1, -0.05) is 6.42 Å². The first-order chi connectivity index (χ1) is 8.40. The summed E-state index contributed by atoms with van der Waals surface area (Å²) < 4.78 is 37.5. The zero-order valence-electron chi connectivity index (χ0n) is 9.60. The minimum atomic E-state index is -3.66. The van der Waals surface area contributed by atoms with E-state index in [9.17, 15) is 17.6 Å². The van der Waals surface area contributed by atoms with Crippen LogP contribution in [0.4, 0.5) is 4.39 Å². The molecular weight excluding hydrogens is 259 g/mol. The van der Waals surface area contributed by atoms with E-state index in [1.165, 1.54) is 0 Å². The molecular formula is C12H13FO4S. The van der Waals surface area contributed by atoms with Crippen LogP contribution in [0, 0.1) is 11.7 Å². The first-order valence-electron chi connectivity index (χ1n) is 5.66. The van der Waals surface area contributed by atoms with Gasteiger partial charge in [0.25, 0.3) is 0 Å². The minimum Gasteiger partial charge on any atom is -0.478 e. The van der Waals surface area contributed by atoms with Gasteiger partial charge in [0.15, 0.2) is 9.84 Å². The second-order valence-corrected chi connectivity index (χ2v) is 6.53. The fraction of sp³-hybridized carbons (Fsp3) is 0.417. The van der Waals surface area contributed by atoms with Crippen molar-refractivity contribution in [2.45, 2.75) is 24.2 Å². The summed E-state index contributed by atoms with van der Waals surface area (Å²) in [5.74, 6) is -2.23. The number of hydrogen-bond acceptors (Lipinski definition) is 3. The molecule has 0 heterocycles. The van der Waals surface area contributed by atoms with E-state index in [2.05, 4.69) is 0 Å². The Morgan fingerprint density at radius 2 is 2.06 bits per heavy atom. The number of carboxylic acid groups (broad SMARTS) is 1. The normalized spacial score (nSPS) is 16.3. The number of hydrogen-bond donors (Lipinski definition) is 1. The number of sulfone groups is 1. The molecule has 0 spiro atoms. The molecule has 1 aliphatic rings. The van der Waals surface area contributed by atoms with Gasteiger partial charge >= 0.3 is 5.97 Å². The van der Waals surface area contributed by atoms with Crippen LogP contribution in [0.15, 0.2) is 23.1 Å². The number of carbonyl (C=O) groups is 1. The average Bonchev–Trinajstić information content (AvgIpc) is 2.23. The summed E-state index contributed by atoms with van der Waals surface area (Å²) >= 11 is 0. The molecule has 1 aliphatic carbocycles. The van der Waals surface area contributed by atoms with Crippen LogP contribution in [-0.2, 0) is 9.84 Å². The van der Waals surface area contributed by atoms with Crippen molar-refractivity contribution in [3.63, 3.8) is 0 Å². The third-order valence-electron chi connectivity index (χ3n) is 3.19. The van der Waals surface area contributed by atoms with Gasteiger partial charge in [0.05, 0.1) is 11.3 Å². The lowest BCUT2D eigenvalue weighted by Crippen LogP contribution is -2.23. The maximum atomic E-state index is 13.6. The first kappa shape index (κ1) is 13.0. The predicted octanol–water partition coefficient (Wildman–Crippen LogP) is 2.10. The lowest BCUT2D eigenvalue weighted by Gasteiger charge is -2.24. The molecule has 0 bridgehead atoms. The van der Waals surface area contributed by atoms with Gasteiger partial charge < -0.3 is 5.11 Å². The summed E-state index contributed by atoms with van der Waals surface area (Å²) in [6.45, 7) is 0. The highest BCUT2D eigenvalue weighted by atomic mass is 32.2. The van der Waals surface area contributed by atoms with E-state index in [1.54, 1.807) is 0 Å². The second kappa shape index (κ2) is 4.68. The molecule has 0 radical (unpaired) electrons. The van der Waals surface area contributed by atoms with Crippen LogP contribution in [0.1, 0.15) is 29.6 Å². The lowest BCUT2D eigenvalue weighted by molar-refractivity contribution is 0.0696. The Morgan fingerprint density at radius 1 is 1.39 bits per heavy atom. The third-order valence-corrected chi connectivity index (χ3v) is 5.11. The van der Waals surface area contributed by atoms with E-state index < -0.39 is 26.5 Å². The summed E-state index contributed by atoms with van der Waals surface area (Å²) in [6, 6.07) is 2.89. The minimum absolute atomic E-state index is 0.0592. The van der Waals surface area contributed by atoms with Crippen LogP contribution in [0.3, 0.4) is 0 Å². The van der Waals surface area contributed by atoms with Crippen molar-refractivity contribution >= 4 is 15.8 Å². The molecule has 0 amide bonds. The Kier molecular flexibility index (Phi) is 3.38. The highest BCUT2D eigenvalue weighted by Crippen LogP contribution is 2.30. The van der Waals surface area contributed by atoms with Crippen molar-refractivity contribution < 1.29 is 22.7 Å². The van der Waals surface area contributed by atoms with Crippen molar-refractivity contribution in [3.05, 3.63) is 29.6 Å². The summed E-state index contributed by atoms with van der Waals surface area (Å²) in [6.07, 6.45) is 2.72. The van der Waals surface area contributed by atoms with Gasteiger partial charge in [-0.3, -0.25) is 0 Å². The van der Waals surface area contributed by atoms with Crippen molar-refractivity contribution in [1.29, 1.82) is 0 Å². The Bertz CT molecular complexity index is 576. The van der Waals surface area contributed by atoms with Crippen LogP contribution in [-0.4, -0.2) is 25.2 Å². The molecule has 0 saturated heterocycles. The quantitative estimate of drug-likeness (QED) is 0.911. The monoisotopic (exact) mass is 272 g/mol. The Labute approximate surface area is 104 Å². The maximum absolute atomic E-state index is 13.6. The van der Waals surface area contributed by atoms with Crippen molar-refractivity contribution in [2.24, 2.45) is 5.92 Å². The predicted molar refractivity (Wildman–Crippen MR) is 62.8 cm³/mol. The fourth-order valence-electron chi connectivity index (χ4n) is 1.95. The lowest BCUT2D eigenvalue weighted by atomic mass is 9.87. The van der Waals surface area contributed by atoms with E-state index >= 15 is 0 Å². The van der Waals surface area contributed by atoms with Gasteiger partial charge in [0, 0.05) is 0 Å². The summed E-state index contributed by atoms with van der Waals surface area (Å²) in [5, 5.41) is 8.68. The molecule has 1 N–H and O–H groups in total.